The summed E-state index contributed by atoms with van der Waals surface area (Å²) >= 11 is 0. The molecule has 6 nitrogen and oxygen atoms in total. The number of anilines is 1. The monoisotopic (exact) mass is 292 g/mol. The maximum absolute atomic E-state index is 11.3. The van der Waals surface area contributed by atoms with E-state index in [1.807, 2.05) is 13.8 Å². The third-order valence-electron chi connectivity index (χ3n) is 3.72. The molecule has 2 heterocycles. The molecule has 0 radical (unpaired) electrons. The highest BCUT2D eigenvalue weighted by Gasteiger charge is 2.16. The van der Waals surface area contributed by atoms with Crippen molar-refractivity contribution < 1.29 is 9.90 Å². The van der Waals surface area contributed by atoms with Crippen molar-refractivity contribution in [3.63, 3.8) is 0 Å². The molecule has 0 aliphatic carbocycles. The molecular formula is C15H24N4O2. The number of nitrogens with zero attached hydrogens (tertiary/aromatic N) is 3. The topological polar surface area (TPSA) is 78.4 Å². The zero-order valence-electron chi connectivity index (χ0n) is 12.8. The third-order valence-corrected chi connectivity index (χ3v) is 3.72. The molecule has 6 heteroatoms. The van der Waals surface area contributed by atoms with Crippen LogP contribution < -0.4 is 5.32 Å². The van der Waals surface area contributed by atoms with Gasteiger partial charge in [-0.2, -0.15) is 0 Å². The van der Waals surface area contributed by atoms with Crippen LogP contribution in [-0.4, -0.2) is 52.1 Å². The van der Waals surface area contributed by atoms with E-state index in [4.69, 9.17) is 0 Å². The molecule has 1 aliphatic heterocycles. The van der Waals surface area contributed by atoms with Crippen LogP contribution >= 0.6 is 0 Å². The van der Waals surface area contributed by atoms with Crippen LogP contribution in [0.5, 0.6) is 0 Å². The molecule has 21 heavy (non-hydrogen) atoms. The fraction of sp³-hybridized carbons (Fsp3) is 0.667. The molecule has 2 rings (SSSR count). The lowest BCUT2D eigenvalue weighted by molar-refractivity contribution is 0.0691. The van der Waals surface area contributed by atoms with Gasteiger partial charge in [-0.15, -0.1) is 0 Å². The molecule has 1 saturated heterocycles. The summed E-state index contributed by atoms with van der Waals surface area (Å²) in [5.41, 5.74) is 0.566. The summed E-state index contributed by atoms with van der Waals surface area (Å²) in [6.07, 6.45) is 5.42. The Bertz CT molecular complexity index is 485. The number of hydrogen-bond acceptors (Lipinski definition) is 5. The predicted octanol–water partition coefficient (Wildman–Crippen LogP) is 2.20. The number of carbonyl (C=O) groups is 1. The first-order chi connectivity index (χ1) is 10.1. The van der Waals surface area contributed by atoms with Crippen molar-refractivity contribution in [2.75, 3.05) is 31.5 Å². The van der Waals surface area contributed by atoms with Crippen molar-refractivity contribution in [2.45, 2.75) is 39.0 Å². The van der Waals surface area contributed by atoms with E-state index in [0.29, 0.717) is 18.1 Å². The lowest BCUT2D eigenvalue weighted by atomic mass is 10.1. The maximum Gasteiger partial charge on any atom is 0.356 e. The molecule has 0 unspecified atom stereocenters. The molecule has 0 saturated carbocycles. The van der Waals surface area contributed by atoms with Crippen molar-refractivity contribution in [2.24, 2.45) is 0 Å². The molecule has 0 bridgehead atoms. The van der Waals surface area contributed by atoms with Crippen molar-refractivity contribution in [3.05, 3.63) is 17.7 Å². The molecule has 0 amide bonds. The third kappa shape index (κ3) is 4.39. The standard InChI is InChI=1S/C15H24N4O2/c1-11(2)14-17-10-12(13(18-14)15(20)21)16-6-9-19-7-4-3-5-8-19/h10-11,16H,3-9H2,1-2H3,(H,20,21). The van der Waals surface area contributed by atoms with Crippen LogP contribution in [0.4, 0.5) is 5.69 Å². The number of nitrogens with one attached hydrogen (secondary N) is 1. The molecule has 1 aromatic rings. The van der Waals surface area contributed by atoms with Crippen LogP contribution in [0.15, 0.2) is 6.20 Å². The summed E-state index contributed by atoms with van der Waals surface area (Å²) < 4.78 is 0. The number of aromatic nitrogens is 2. The van der Waals surface area contributed by atoms with E-state index < -0.39 is 5.97 Å². The quantitative estimate of drug-likeness (QED) is 0.837. The van der Waals surface area contributed by atoms with Gasteiger partial charge in [-0.1, -0.05) is 20.3 Å². The fourth-order valence-corrected chi connectivity index (χ4v) is 2.50. The molecule has 0 spiro atoms. The van der Waals surface area contributed by atoms with Crippen molar-refractivity contribution in [1.82, 2.24) is 14.9 Å². The number of carboxylic acids is 1. The Morgan fingerprint density at radius 1 is 1.38 bits per heavy atom. The maximum atomic E-state index is 11.3. The Hall–Kier alpha value is -1.69. The van der Waals surface area contributed by atoms with Crippen molar-refractivity contribution >= 4 is 11.7 Å². The Kier molecular flexibility index (Phi) is 5.50. The minimum atomic E-state index is -1.01. The Morgan fingerprint density at radius 2 is 2.10 bits per heavy atom. The van der Waals surface area contributed by atoms with Gasteiger partial charge in [0.05, 0.1) is 11.9 Å². The Labute approximate surface area is 125 Å². The van der Waals surface area contributed by atoms with Crippen LogP contribution in [0.2, 0.25) is 0 Å². The van der Waals surface area contributed by atoms with Gasteiger partial charge in [0.25, 0.3) is 0 Å². The van der Waals surface area contributed by atoms with Gasteiger partial charge in [-0.25, -0.2) is 14.8 Å². The fourth-order valence-electron chi connectivity index (χ4n) is 2.50. The van der Waals surface area contributed by atoms with Gasteiger partial charge >= 0.3 is 5.97 Å². The van der Waals surface area contributed by atoms with Crippen LogP contribution in [0, 0.1) is 0 Å². The second kappa shape index (κ2) is 7.36. The predicted molar refractivity (Wildman–Crippen MR) is 81.9 cm³/mol. The zero-order chi connectivity index (χ0) is 15.2. The highest BCUT2D eigenvalue weighted by molar-refractivity contribution is 5.91. The van der Waals surface area contributed by atoms with Gasteiger partial charge in [0, 0.05) is 19.0 Å². The van der Waals surface area contributed by atoms with Gasteiger partial charge in [0.15, 0.2) is 5.69 Å². The average Bonchev–Trinajstić information content (AvgIpc) is 2.48. The molecule has 1 aliphatic rings. The smallest absolute Gasteiger partial charge is 0.356 e. The normalized spacial score (nSPS) is 16.1. The van der Waals surface area contributed by atoms with Crippen LogP contribution in [-0.2, 0) is 0 Å². The Morgan fingerprint density at radius 3 is 2.71 bits per heavy atom. The molecule has 116 valence electrons. The zero-order valence-corrected chi connectivity index (χ0v) is 12.8. The summed E-state index contributed by atoms with van der Waals surface area (Å²) in [5.74, 6) is -0.334. The first-order valence-electron chi connectivity index (χ1n) is 7.64. The first kappa shape index (κ1) is 15.7. The second-order valence-electron chi connectivity index (χ2n) is 5.78. The summed E-state index contributed by atoms with van der Waals surface area (Å²) in [5, 5.41) is 12.4. The number of piperidine rings is 1. The van der Waals surface area contributed by atoms with Crippen molar-refractivity contribution in [3.8, 4) is 0 Å². The lowest BCUT2D eigenvalue weighted by Gasteiger charge is -2.26. The number of hydrogen-bond donors (Lipinski definition) is 2. The lowest BCUT2D eigenvalue weighted by Crippen LogP contribution is -2.34. The van der Waals surface area contributed by atoms with Gasteiger partial charge in [-0.3, -0.25) is 0 Å². The first-order valence-corrected chi connectivity index (χ1v) is 7.64. The van der Waals surface area contributed by atoms with Crippen LogP contribution in [0.25, 0.3) is 0 Å². The van der Waals surface area contributed by atoms with Gasteiger partial charge in [-0.05, 0) is 25.9 Å². The van der Waals surface area contributed by atoms with Crippen LogP contribution in [0.3, 0.4) is 0 Å². The summed E-state index contributed by atoms with van der Waals surface area (Å²) in [6.45, 7) is 7.80. The molecule has 0 atom stereocenters. The average molecular weight is 292 g/mol. The molecule has 2 N–H and O–H groups in total. The summed E-state index contributed by atoms with van der Waals surface area (Å²) in [7, 11) is 0. The molecule has 1 fully saturated rings. The Balaban J connectivity index is 1.96. The largest absolute Gasteiger partial charge is 0.476 e. The van der Waals surface area contributed by atoms with E-state index in [1.165, 1.54) is 19.3 Å². The summed E-state index contributed by atoms with van der Waals surface area (Å²) in [4.78, 5) is 22.1. The van der Waals surface area contributed by atoms with E-state index in [1.54, 1.807) is 6.20 Å². The minimum absolute atomic E-state index is 0.0624. The van der Waals surface area contributed by atoms with E-state index in [9.17, 15) is 9.90 Å². The van der Waals surface area contributed by atoms with Gasteiger partial charge in [0.1, 0.15) is 5.82 Å². The van der Waals surface area contributed by atoms with E-state index in [2.05, 4.69) is 20.2 Å². The van der Waals surface area contributed by atoms with Crippen molar-refractivity contribution in [1.29, 1.82) is 0 Å². The SMILES string of the molecule is CC(C)c1ncc(NCCN2CCCCC2)c(C(=O)O)n1. The minimum Gasteiger partial charge on any atom is -0.476 e. The summed E-state index contributed by atoms with van der Waals surface area (Å²) in [6, 6.07) is 0. The molecule has 0 aromatic carbocycles. The van der Waals surface area contributed by atoms with Gasteiger partial charge < -0.3 is 15.3 Å². The molecule has 1 aromatic heterocycles. The van der Waals surface area contributed by atoms with E-state index in [0.717, 1.165) is 19.6 Å². The van der Waals surface area contributed by atoms with Crippen LogP contribution in [0.1, 0.15) is 55.3 Å². The number of rotatable bonds is 6. The second-order valence-corrected chi connectivity index (χ2v) is 5.78. The highest BCUT2D eigenvalue weighted by Crippen LogP contribution is 2.16. The van der Waals surface area contributed by atoms with E-state index in [-0.39, 0.29) is 11.6 Å². The number of carboxylic acid groups (broad SMARTS) is 1. The van der Waals surface area contributed by atoms with Gasteiger partial charge in [0.2, 0.25) is 0 Å². The number of aromatic carboxylic acids is 1. The van der Waals surface area contributed by atoms with E-state index >= 15 is 0 Å². The highest BCUT2D eigenvalue weighted by atomic mass is 16.4. The number of likely N-dealkylation sites (tertiary alicyclic amines) is 1. The molecular weight excluding hydrogens is 268 g/mol.